The minimum atomic E-state index is -0.500. The van der Waals surface area contributed by atoms with Gasteiger partial charge in [-0.2, -0.15) is 0 Å². The van der Waals surface area contributed by atoms with Crippen molar-refractivity contribution in [3.8, 4) is 0 Å². The first-order valence-corrected chi connectivity index (χ1v) is 10.4. The maximum Gasteiger partial charge on any atom is 0.231 e. The largest absolute Gasteiger partial charge is 0.280 e. The highest BCUT2D eigenvalue weighted by molar-refractivity contribution is 6.04. The monoisotopic (exact) mass is 389 g/mol. The van der Waals surface area contributed by atoms with Crippen LogP contribution in [0.4, 0.5) is 11.4 Å². The lowest BCUT2D eigenvalue weighted by Gasteiger charge is -2.45. The Balaban J connectivity index is 1.97. The van der Waals surface area contributed by atoms with Crippen molar-refractivity contribution >= 4 is 17.3 Å². The molecule has 30 heavy (non-hydrogen) atoms. The van der Waals surface area contributed by atoms with Crippen LogP contribution in [0.2, 0.25) is 0 Å². The van der Waals surface area contributed by atoms with Crippen molar-refractivity contribution in [2.75, 3.05) is 4.90 Å². The van der Waals surface area contributed by atoms with E-state index in [1.54, 1.807) is 0 Å². The third-order valence-electron chi connectivity index (χ3n) is 6.06. The van der Waals surface area contributed by atoms with E-state index in [1.165, 1.54) is 11.1 Å². The van der Waals surface area contributed by atoms with Crippen LogP contribution >= 0.6 is 0 Å². The second-order valence-electron chi connectivity index (χ2n) is 7.60. The normalized spacial score (nSPS) is 14.0. The van der Waals surface area contributed by atoms with E-state index in [2.05, 4.69) is 97.1 Å². The number of carbonyl (C=O) groups excluding carboxylic acids is 1. The molecule has 0 fully saturated rings. The number of anilines is 2. The van der Waals surface area contributed by atoms with E-state index in [1.807, 2.05) is 24.0 Å². The maximum atomic E-state index is 13.1. The number of para-hydroxylation sites is 2. The van der Waals surface area contributed by atoms with E-state index >= 15 is 0 Å². The molecule has 2 nitrogen and oxygen atoms in total. The fourth-order valence-electron chi connectivity index (χ4n) is 4.84. The molecule has 0 radical (unpaired) electrons. The summed E-state index contributed by atoms with van der Waals surface area (Å²) < 4.78 is 0. The van der Waals surface area contributed by atoms with Gasteiger partial charge in [0.1, 0.15) is 0 Å². The molecular weight excluding hydrogens is 366 g/mol. The summed E-state index contributed by atoms with van der Waals surface area (Å²) in [6.07, 6.45) is 0.451. The summed E-state index contributed by atoms with van der Waals surface area (Å²) in [7, 11) is 0. The SMILES string of the molecule is CCC(=O)N1c2ccccc2C(c2ccccc2)(c2ccccc2)c2ccccc21. The topological polar surface area (TPSA) is 20.3 Å². The predicted molar refractivity (Wildman–Crippen MR) is 122 cm³/mol. The minimum Gasteiger partial charge on any atom is -0.280 e. The third kappa shape index (κ3) is 2.54. The van der Waals surface area contributed by atoms with E-state index in [9.17, 15) is 4.79 Å². The minimum absolute atomic E-state index is 0.102. The van der Waals surface area contributed by atoms with E-state index in [0.29, 0.717) is 6.42 Å². The first-order valence-electron chi connectivity index (χ1n) is 10.4. The Labute approximate surface area is 177 Å². The molecule has 0 unspecified atom stereocenters. The Kier molecular flexibility index (Phi) is 4.48. The standard InChI is InChI=1S/C28H23NO/c1-2-27(30)29-25-19-11-9-17-23(25)28(21-13-5-3-6-14-21,22-15-7-4-8-16-22)24-18-10-12-20-26(24)29/h3-20H,2H2,1H3. The quantitative estimate of drug-likeness (QED) is 0.394. The Morgan fingerprint density at radius 2 is 1.03 bits per heavy atom. The molecule has 0 atom stereocenters. The van der Waals surface area contributed by atoms with E-state index in [-0.39, 0.29) is 5.91 Å². The molecule has 146 valence electrons. The molecule has 5 rings (SSSR count). The van der Waals surface area contributed by atoms with Crippen molar-refractivity contribution in [2.24, 2.45) is 0 Å². The van der Waals surface area contributed by atoms with Gasteiger partial charge in [0, 0.05) is 6.42 Å². The van der Waals surface area contributed by atoms with E-state index < -0.39 is 5.41 Å². The summed E-state index contributed by atoms with van der Waals surface area (Å²) in [6, 6.07) is 37.9. The lowest BCUT2D eigenvalue weighted by molar-refractivity contribution is -0.117. The molecule has 0 N–H and O–H groups in total. The second-order valence-corrected chi connectivity index (χ2v) is 7.60. The van der Waals surface area contributed by atoms with Gasteiger partial charge in [0.2, 0.25) is 5.91 Å². The zero-order chi connectivity index (χ0) is 20.6. The first kappa shape index (κ1) is 18.4. The van der Waals surface area contributed by atoms with Gasteiger partial charge in [0.05, 0.1) is 16.8 Å². The molecule has 2 heteroatoms. The fourth-order valence-corrected chi connectivity index (χ4v) is 4.84. The van der Waals surface area contributed by atoms with Gasteiger partial charge < -0.3 is 0 Å². The van der Waals surface area contributed by atoms with Crippen molar-refractivity contribution in [3.63, 3.8) is 0 Å². The van der Waals surface area contributed by atoms with Gasteiger partial charge in [-0.3, -0.25) is 9.69 Å². The van der Waals surface area contributed by atoms with Crippen molar-refractivity contribution in [3.05, 3.63) is 131 Å². The highest BCUT2D eigenvalue weighted by Gasteiger charge is 2.46. The molecule has 0 aliphatic carbocycles. The molecule has 0 spiro atoms. The lowest BCUT2D eigenvalue weighted by Crippen LogP contribution is -2.40. The molecule has 1 amide bonds. The van der Waals surface area contributed by atoms with Crippen LogP contribution in [0, 0.1) is 0 Å². The number of hydrogen-bond donors (Lipinski definition) is 0. The van der Waals surface area contributed by atoms with Gasteiger partial charge in [-0.25, -0.2) is 0 Å². The molecule has 1 aliphatic heterocycles. The molecule has 0 saturated heterocycles. The molecule has 1 heterocycles. The summed E-state index contributed by atoms with van der Waals surface area (Å²) in [4.78, 5) is 15.0. The molecule has 1 aliphatic rings. The van der Waals surface area contributed by atoms with Gasteiger partial charge in [0.25, 0.3) is 0 Å². The summed E-state index contributed by atoms with van der Waals surface area (Å²) in [5, 5.41) is 0. The Morgan fingerprint density at radius 3 is 1.47 bits per heavy atom. The average Bonchev–Trinajstić information content (AvgIpc) is 2.83. The Morgan fingerprint density at radius 1 is 0.633 bits per heavy atom. The van der Waals surface area contributed by atoms with Crippen LogP contribution < -0.4 is 4.90 Å². The number of benzene rings is 4. The fraction of sp³-hybridized carbons (Fsp3) is 0.107. The zero-order valence-corrected chi connectivity index (χ0v) is 17.0. The van der Waals surface area contributed by atoms with Crippen LogP contribution in [-0.4, -0.2) is 5.91 Å². The first-order chi connectivity index (χ1) is 14.8. The molecule has 0 aromatic heterocycles. The maximum absolute atomic E-state index is 13.1. The molecule has 0 saturated carbocycles. The Bertz CT molecular complexity index is 1110. The van der Waals surface area contributed by atoms with Gasteiger partial charge >= 0.3 is 0 Å². The summed E-state index contributed by atoms with van der Waals surface area (Å²) in [6.45, 7) is 1.92. The average molecular weight is 389 g/mol. The zero-order valence-electron chi connectivity index (χ0n) is 17.0. The number of fused-ring (bicyclic) bond motifs is 2. The highest BCUT2D eigenvalue weighted by Crippen LogP contribution is 2.55. The summed E-state index contributed by atoms with van der Waals surface area (Å²) in [5.74, 6) is 0.102. The number of nitrogens with zero attached hydrogens (tertiary/aromatic N) is 1. The van der Waals surface area contributed by atoms with E-state index in [0.717, 1.165) is 22.5 Å². The van der Waals surface area contributed by atoms with Crippen LogP contribution in [0.1, 0.15) is 35.6 Å². The Hall–Kier alpha value is -3.65. The van der Waals surface area contributed by atoms with Crippen LogP contribution in [0.15, 0.2) is 109 Å². The van der Waals surface area contributed by atoms with Gasteiger partial charge in [-0.05, 0) is 34.4 Å². The number of rotatable bonds is 3. The number of carbonyl (C=O) groups is 1. The second kappa shape index (κ2) is 7.31. The molecular formula is C28H23NO. The van der Waals surface area contributed by atoms with Gasteiger partial charge in [-0.15, -0.1) is 0 Å². The lowest BCUT2D eigenvalue weighted by atomic mass is 9.62. The number of hydrogen-bond acceptors (Lipinski definition) is 1. The van der Waals surface area contributed by atoms with Crippen LogP contribution in [0.5, 0.6) is 0 Å². The molecule has 4 aromatic carbocycles. The van der Waals surface area contributed by atoms with Crippen LogP contribution in [0.25, 0.3) is 0 Å². The number of amides is 1. The van der Waals surface area contributed by atoms with Crippen molar-refractivity contribution in [2.45, 2.75) is 18.8 Å². The van der Waals surface area contributed by atoms with Gasteiger partial charge in [0.15, 0.2) is 0 Å². The van der Waals surface area contributed by atoms with Crippen LogP contribution in [0.3, 0.4) is 0 Å². The van der Waals surface area contributed by atoms with E-state index in [4.69, 9.17) is 0 Å². The molecule has 0 bridgehead atoms. The van der Waals surface area contributed by atoms with Crippen molar-refractivity contribution < 1.29 is 4.79 Å². The van der Waals surface area contributed by atoms with Crippen molar-refractivity contribution in [1.29, 1.82) is 0 Å². The van der Waals surface area contributed by atoms with Crippen molar-refractivity contribution in [1.82, 2.24) is 0 Å². The van der Waals surface area contributed by atoms with Gasteiger partial charge in [-0.1, -0.05) is 104 Å². The summed E-state index contributed by atoms with van der Waals surface area (Å²) >= 11 is 0. The molecule has 4 aromatic rings. The summed E-state index contributed by atoms with van der Waals surface area (Å²) in [5.41, 5.74) is 6.05. The third-order valence-corrected chi connectivity index (χ3v) is 6.06. The smallest absolute Gasteiger partial charge is 0.231 e. The van der Waals surface area contributed by atoms with Crippen LogP contribution in [-0.2, 0) is 10.2 Å². The predicted octanol–water partition coefficient (Wildman–Crippen LogP) is 6.46. The highest BCUT2D eigenvalue weighted by atomic mass is 16.2.